The first-order chi connectivity index (χ1) is 6.59. The first-order valence-electron chi connectivity index (χ1n) is 4.77. The summed E-state index contributed by atoms with van der Waals surface area (Å²) >= 11 is 5.40. The molecule has 1 rings (SSSR count). The van der Waals surface area contributed by atoms with Crippen LogP contribution in [0.1, 0.15) is 20.3 Å². The maximum Gasteiger partial charge on any atom is 0.0331 e. The minimum Gasteiger partial charge on any atom is -0.399 e. The van der Waals surface area contributed by atoms with Gasteiger partial charge in [-0.3, -0.25) is 0 Å². The number of nitrogens with two attached hydrogens (primary N) is 1. The summed E-state index contributed by atoms with van der Waals surface area (Å²) in [6.45, 7) is 4.50. The normalized spacial score (nSPS) is 10.9. The molecule has 1 nitrogen and oxygen atoms in total. The molecule has 14 heavy (non-hydrogen) atoms. The van der Waals surface area contributed by atoms with Crippen LogP contribution in [0.5, 0.6) is 0 Å². The lowest BCUT2D eigenvalue weighted by atomic mass is 10.2. The van der Waals surface area contributed by atoms with Gasteiger partial charge in [0.05, 0.1) is 0 Å². The van der Waals surface area contributed by atoms with E-state index < -0.39 is 0 Å². The molecule has 0 heterocycles. The maximum absolute atomic E-state index is 5.67. The van der Waals surface area contributed by atoms with E-state index in [1.807, 2.05) is 23.9 Å². The molecule has 2 N–H and O–H groups in total. The van der Waals surface area contributed by atoms with Crippen LogP contribution in [0.15, 0.2) is 27.6 Å². The highest BCUT2D eigenvalue weighted by molar-refractivity contribution is 9.10. The van der Waals surface area contributed by atoms with E-state index in [2.05, 4.69) is 35.8 Å². The Bertz CT molecular complexity index is 299. The molecule has 0 radical (unpaired) electrons. The summed E-state index contributed by atoms with van der Waals surface area (Å²) in [5.74, 6) is 1.94. The Balaban J connectivity index is 2.51. The number of benzene rings is 1. The molecule has 0 bridgehead atoms. The smallest absolute Gasteiger partial charge is 0.0331 e. The van der Waals surface area contributed by atoms with Crippen molar-refractivity contribution in [2.24, 2.45) is 5.92 Å². The largest absolute Gasteiger partial charge is 0.399 e. The number of hydrogen-bond acceptors (Lipinski definition) is 2. The van der Waals surface area contributed by atoms with E-state index >= 15 is 0 Å². The van der Waals surface area contributed by atoms with Crippen molar-refractivity contribution >= 4 is 33.4 Å². The topological polar surface area (TPSA) is 26.0 Å². The Morgan fingerprint density at radius 1 is 1.43 bits per heavy atom. The minimum atomic E-state index is 0.773. The summed E-state index contributed by atoms with van der Waals surface area (Å²) < 4.78 is 1.10. The van der Waals surface area contributed by atoms with E-state index in [0.717, 1.165) is 16.1 Å². The van der Waals surface area contributed by atoms with E-state index in [1.165, 1.54) is 17.1 Å². The molecule has 0 unspecified atom stereocenters. The molecule has 0 saturated heterocycles. The van der Waals surface area contributed by atoms with Gasteiger partial charge in [0.15, 0.2) is 0 Å². The summed E-state index contributed by atoms with van der Waals surface area (Å²) in [4.78, 5) is 1.28. The van der Waals surface area contributed by atoms with Gasteiger partial charge in [-0.15, -0.1) is 11.8 Å². The van der Waals surface area contributed by atoms with Crippen molar-refractivity contribution in [1.29, 1.82) is 0 Å². The van der Waals surface area contributed by atoms with Crippen LogP contribution in [0.3, 0.4) is 0 Å². The van der Waals surface area contributed by atoms with E-state index in [-0.39, 0.29) is 0 Å². The van der Waals surface area contributed by atoms with Crippen LogP contribution in [-0.4, -0.2) is 5.75 Å². The molecule has 3 heteroatoms. The number of nitrogen functional groups attached to an aromatic ring is 1. The van der Waals surface area contributed by atoms with Crippen LogP contribution in [0.25, 0.3) is 0 Å². The molecule has 78 valence electrons. The Morgan fingerprint density at radius 2 is 2.14 bits per heavy atom. The van der Waals surface area contributed by atoms with Gasteiger partial charge in [-0.1, -0.05) is 13.8 Å². The molecule has 1 aromatic rings. The number of rotatable bonds is 4. The molecule has 0 aliphatic heterocycles. The molecule has 0 aliphatic carbocycles. The van der Waals surface area contributed by atoms with Gasteiger partial charge in [-0.05, 0) is 52.2 Å². The summed E-state index contributed by atoms with van der Waals surface area (Å²) in [6.07, 6.45) is 1.25. The van der Waals surface area contributed by atoms with Crippen molar-refractivity contribution in [3.63, 3.8) is 0 Å². The fourth-order valence-electron chi connectivity index (χ4n) is 1.04. The van der Waals surface area contributed by atoms with Gasteiger partial charge < -0.3 is 5.73 Å². The lowest BCUT2D eigenvalue weighted by Crippen LogP contribution is -1.90. The zero-order chi connectivity index (χ0) is 10.6. The van der Waals surface area contributed by atoms with Crippen molar-refractivity contribution in [2.45, 2.75) is 25.2 Å². The lowest BCUT2D eigenvalue weighted by molar-refractivity contribution is 0.632. The Hall–Kier alpha value is -0.150. The van der Waals surface area contributed by atoms with Crippen LogP contribution in [0, 0.1) is 5.92 Å². The molecule has 0 spiro atoms. The van der Waals surface area contributed by atoms with Crippen molar-refractivity contribution in [1.82, 2.24) is 0 Å². The van der Waals surface area contributed by atoms with E-state index in [0.29, 0.717) is 0 Å². The SMILES string of the molecule is CC(C)CCSc1ccc(N)cc1Br. The Morgan fingerprint density at radius 3 is 2.71 bits per heavy atom. The van der Waals surface area contributed by atoms with Crippen molar-refractivity contribution in [2.75, 3.05) is 11.5 Å². The quantitative estimate of drug-likeness (QED) is 0.658. The predicted molar refractivity (Wildman–Crippen MR) is 68.7 cm³/mol. The van der Waals surface area contributed by atoms with E-state index in [1.54, 1.807) is 0 Å². The molecule has 1 aromatic carbocycles. The van der Waals surface area contributed by atoms with Crippen molar-refractivity contribution in [3.8, 4) is 0 Å². The summed E-state index contributed by atoms with van der Waals surface area (Å²) in [5, 5.41) is 0. The second-order valence-electron chi connectivity index (χ2n) is 3.72. The van der Waals surface area contributed by atoms with Crippen molar-refractivity contribution in [3.05, 3.63) is 22.7 Å². The van der Waals surface area contributed by atoms with Crippen LogP contribution in [0.2, 0.25) is 0 Å². The highest BCUT2D eigenvalue weighted by Crippen LogP contribution is 2.30. The molecule has 0 aromatic heterocycles. The zero-order valence-corrected chi connectivity index (χ0v) is 11.0. The number of halogens is 1. The van der Waals surface area contributed by atoms with Gasteiger partial charge in [-0.2, -0.15) is 0 Å². The lowest BCUT2D eigenvalue weighted by Gasteiger charge is -2.06. The van der Waals surface area contributed by atoms with E-state index in [4.69, 9.17) is 5.73 Å². The predicted octanol–water partition coefficient (Wildman–Crippen LogP) is 4.17. The minimum absolute atomic E-state index is 0.773. The molecule has 0 saturated carbocycles. The monoisotopic (exact) mass is 273 g/mol. The second-order valence-corrected chi connectivity index (χ2v) is 5.71. The summed E-state index contributed by atoms with van der Waals surface area (Å²) in [5.41, 5.74) is 6.48. The van der Waals surface area contributed by atoms with Gasteiger partial charge >= 0.3 is 0 Å². The first-order valence-corrected chi connectivity index (χ1v) is 6.55. The molecule has 0 fully saturated rings. The summed E-state index contributed by atoms with van der Waals surface area (Å²) in [7, 11) is 0. The third-order valence-corrected chi connectivity index (χ3v) is 3.93. The van der Waals surface area contributed by atoms with Gasteiger partial charge in [0, 0.05) is 15.1 Å². The third-order valence-electron chi connectivity index (χ3n) is 1.91. The maximum atomic E-state index is 5.67. The summed E-state index contributed by atoms with van der Waals surface area (Å²) in [6, 6.07) is 5.98. The van der Waals surface area contributed by atoms with Crippen molar-refractivity contribution < 1.29 is 0 Å². The highest BCUT2D eigenvalue weighted by atomic mass is 79.9. The average molecular weight is 274 g/mol. The second kappa shape index (κ2) is 5.66. The first kappa shape index (κ1) is 11.9. The fourth-order valence-corrected chi connectivity index (χ4v) is 2.95. The average Bonchev–Trinajstić information content (AvgIpc) is 2.08. The molecular weight excluding hydrogens is 258 g/mol. The standard InChI is InChI=1S/C11H16BrNS/c1-8(2)5-6-14-11-4-3-9(13)7-10(11)12/h3-4,7-8H,5-6,13H2,1-2H3. The van der Waals surface area contributed by atoms with Gasteiger partial charge in [0.25, 0.3) is 0 Å². The van der Waals surface area contributed by atoms with Gasteiger partial charge in [0.2, 0.25) is 0 Å². The third kappa shape index (κ3) is 3.93. The molecule has 0 atom stereocenters. The fraction of sp³-hybridized carbons (Fsp3) is 0.455. The zero-order valence-electron chi connectivity index (χ0n) is 8.59. The van der Waals surface area contributed by atoms with Crippen LogP contribution in [-0.2, 0) is 0 Å². The Labute approximate surface area is 98.6 Å². The number of thioether (sulfide) groups is 1. The highest BCUT2D eigenvalue weighted by Gasteiger charge is 2.01. The van der Waals surface area contributed by atoms with Crippen LogP contribution < -0.4 is 5.73 Å². The van der Waals surface area contributed by atoms with Gasteiger partial charge in [0.1, 0.15) is 0 Å². The van der Waals surface area contributed by atoms with Gasteiger partial charge in [-0.25, -0.2) is 0 Å². The van der Waals surface area contributed by atoms with Crippen LogP contribution in [0.4, 0.5) is 5.69 Å². The van der Waals surface area contributed by atoms with Crippen LogP contribution >= 0.6 is 27.7 Å². The number of hydrogen-bond donors (Lipinski definition) is 1. The van der Waals surface area contributed by atoms with E-state index in [9.17, 15) is 0 Å². The molecular formula is C11H16BrNS. The Kier molecular flexibility index (Phi) is 4.82. The molecule has 0 aliphatic rings. The molecule has 0 amide bonds. The number of anilines is 1.